The molecule has 1 amide bonds. The second-order valence-corrected chi connectivity index (χ2v) is 5.28. The van der Waals surface area contributed by atoms with Crippen LogP contribution in [0.2, 0.25) is 0 Å². The first-order chi connectivity index (χ1) is 10.7. The molecular formula is C17H19NO4. The maximum Gasteiger partial charge on any atom is 0.257 e. The van der Waals surface area contributed by atoms with E-state index in [4.69, 9.17) is 13.9 Å². The first-order valence-electron chi connectivity index (χ1n) is 7.28. The van der Waals surface area contributed by atoms with Crippen LogP contribution in [0.4, 0.5) is 0 Å². The molecule has 22 heavy (non-hydrogen) atoms. The Bertz CT molecular complexity index is 629. The molecule has 2 aromatic rings. The maximum absolute atomic E-state index is 12.4. The summed E-state index contributed by atoms with van der Waals surface area (Å²) >= 11 is 0. The van der Waals surface area contributed by atoms with Crippen molar-refractivity contribution < 1.29 is 18.7 Å². The predicted molar refractivity (Wildman–Crippen MR) is 81.6 cm³/mol. The van der Waals surface area contributed by atoms with Crippen molar-refractivity contribution in [3.8, 4) is 11.5 Å². The summed E-state index contributed by atoms with van der Waals surface area (Å²) in [5.41, 5.74) is 3.02. The van der Waals surface area contributed by atoms with Gasteiger partial charge in [-0.3, -0.25) is 4.79 Å². The normalized spacial score (nSPS) is 14.2. The van der Waals surface area contributed by atoms with E-state index in [2.05, 4.69) is 0 Å². The van der Waals surface area contributed by atoms with Crippen molar-refractivity contribution in [3.05, 3.63) is 47.4 Å². The van der Waals surface area contributed by atoms with E-state index >= 15 is 0 Å². The number of furan rings is 1. The summed E-state index contributed by atoms with van der Waals surface area (Å²) in [5.74, 6) is 1.48. The average Bonchev–Trinajstić information content (AvgIpc) is 3.00. The van der Waals surface area contributed by atoms with E-state index in [9.17, 15) is 4.79 Å². The Morgan fingerprint density at radius 3 is 2.14 bits per heavy atom. The van der Waals surface area contributed by atoms with Gasteiger partial charge in [0.05, 0.1) is 26.0 Å². The molecule has 2 heterocycles. The molecular weight excluding hydrogens is 282 g/mol. The Kier molecular flexibility index (Phi) is 4.04. The van der Waals surface area contributed by atoms with Gasteiger partial charge in [0, 0.05) is 13.1 Å². The Morgan fingerprint density at radius 1 is 1.09 bits per heavy atom. The van der Waals surface area contributed by atoms with E-state index in [0.29, 0.717) is 18.7 Å². The average molecular weight is 301 g/mol. The van der Waals surface area contributed by atoms with Crippen LogP contribution in [0.3, 0.4) is 0 Å². The lowest BCUT2D eigenvalue weighted by Gasteiger charge is -2.19. The van der Waals surface area contributed by atoms with Crippen LogP contribution in [0.5, 0.6) is 11.5 Å². The van der Waals surface area contributed by atoms with Crippen LogP contribution in [-0.2, 0) is 12.8 Å². The molecule has 1 aromatic heterocycles. The molecule has 5 nitrogen and oxygen atoms in total. The maximum atomic E-state index is 12.4. The molecule has 1 aliphatic heterocycles. The third kappa shape index (κ3) is 2.66. The molecule has 0 aliphatic carbocycles. The molecule has 3 rings (SSSR count). The summed E-state index contributed by atoms with van der Waals surface area (Å²) in [6.45, 7) is 1.37. The number of methoxy groups -OCH3 is 2. The Hall–Kier alpha value is -2.43. The fourth-order valence-electron chi connectivity index (χ4n) is 2.82. The van der Waals surface area contributed by atoms with E-state index in [1.165, 1.54) is 23.7 Å². The molecule has 116 valence electrons. The van der Waals surface area contributed by atoms with E-state index < -0.39 is 0 Å². The standard InChI is InChI=1S/C17H19NO4/c1-20-15-9-12-3-6-18(17(19)14-5-8-22-11-14)7-4-13(12)10-16(15)21-2/h5,8-11H,3-4,6-7H2,1-2H3. The van der Waals surface area contributed by atoms with Gasteiger partial charge in [0.25, 0.3) is 5.91 Å². The summed E-state index contributed by atoms with van der Waals surface area (Å²) < 4.78 is 15.7. The van der Waals surface area contributed by atoms with E-state index in [1.807, 2.05) is 17.0 Å². The van der Waals surface area contributed by atoms with Gasteiger partial charge in [-0.1, -0.05) is 0 Å². The largest absolute Gasteiger partial charge is 0.493 e. The van der Waals surface area contributed by atoms with Crippen LogP contribution in [0.15, 0.2) is 35.1 Å². The second kappa shape index (κ2) is 6.13. The summed E-state index contributed by atoms with van der Waals surface area (Å²) in [4.78, 5) is 14.3. The molecule has 0 spiro atoms. The number of carbonyl (C=O) groups excluding carboxylic acids is 1. The topological polar surface area (TPSA) is 51.9 Å². The van der Waals surface area contributed by atoms with Crippen LogP contribution in [0.25, 0.3) is 0 Å². The van der Waals surface area contributed by atoms with Crippen LogP contribution in [0, 0.1) is 0 Å². The smallest absolute Gasteiger partial charge is 0.257 e. The number of amides is 1. The summed E-state index contributed by atoms with van der Waals surface area (Å²) in [7, 11) is 3.27. The fourth-order valence-corrected chi connectivity index (χ4v) is 2.82. The number of nitrogens with zero attached hydrogens (tertiary/aromatic N) is 1. The van der Waals surface area contributed by atoms with Gasteiger partial charge in [-0.05, 0) is 42.2 Å². The highest BCUT2D eigenvalue weighted by atomic mass is 16.5. The quantitative estimate of drug-likeness (QED) is 0.874. The minimum absolute atomic E-state index is 0.0143. The number of fused-ring (bicyclic) bond motifs is 1. The van der Waals surface area contributed by atoms with Crippen molar-refractivity contribution in [2.24, 2.45) is 0 Å². The van der Waals surface area contributed by atoms with Crippen molar-refractivity contribution in [2.75, 3.05) is 27.3 Å². The van der Waals surface area contributed by atoms with Crippen molar-refractivity contribution in [3.63, 3.8) is 0 Å². The molecule has 0 atom stereocenters. The minimum atomic E-state index is 0.0143. The van der Waals surface area contributed by atoms with Crippen molar-refractivity contribution in [2.45, 2.75) is 12.8 Å². The molecule has 0 radical (unpaired) electrons. The zero-order valence-electron chi connectivity index (χ0n) is 12.8. The van der Waals surface area contributed by atoms with Gasteiger partial charge in [0.15, 0.2) is 11.5 Å². The van der Waals surface area contributed by atoms with Crippen LogP contribution in [-0.4, -0.2) is 38.1 Å². The van der Waals surface area contributed by atoms with Gasteiger partial charge in [0.2, 0.25) is 0 Å². The third-order valence-corrected chi connectivity index (χ3v) is 4.06. The molecule has 1 aliphatic rings. The van der Waals surface area contributed by atoms with Crippen molar-refractivity contribution in [1.82, 2.24) is 4.90 Å². The van der Waals surface area contributed by atoms with Gasteiger partial charge < -0.3 is 18.8 Å². The molecule has 0 bridgehead atoms. The Labute approximate surface area is 129 Å². The summed E-state index contributed by atoms with van der Waals surface area (Å²) in [5, 5.41) is 0. The van der Waals surface area contributed by atoms with E-state index in [1.54, 1.807) is 20.3 Å². The van der Waals surface area contributed by atoms with Crippen molar-refractivity contribution >= 4 is 5.91 Å². The highest BCUT2D eigenvalue weighted by Gasteiger charge is 2.22. The lowest BCUT2D eigenvalue weighted by atomic mass is 10.0. The number of ether oxygens (including phenoxy) is 2. The monoisotopic (exact) mass is 301 g/mol. The van der Waals surface area contributed by atoms with Gasteiger partial charge in [-0.2, -0.15) is 0 Å². The Morgan fingerprint density at radius 2 is 1.68 bits per heavy atom. The number of benzene rings is 1. The molecule has 0 N–H and O–H groups in total. The molecule has 1 aromatic carbocycles. The lowest BCUT2D eigenvalue weighted by molar-refractivity contribution is 0.0762. The molecule has 5 heteroatoms. The van der Waals surface area contributed by atoms with E-state index in [-0.39, 0.29) is 5.91 Å². The van der Waals surface area contributed by atoms with Crippen LogP contribution < -0.4 is 9.47 Å². The first kappa shape index (κ1) is 14.5. The summed E-state index contributed by atoms with van der Waals surface area (Å²) in [6.07, 6.45) is 4.63. The SMILES string of the molecule is COc1cc2c(cc1OC)CCN(C(=O)c1ccoc1)CC2. The lowest BCUT2D eigenvalue weighted by Crippen LogP contribution is -2.33. The number of hydrogen-bond acceptors (Lipinski definition) is 4. The highest BCUT2D eigenvalue weighted by Crippen LogP contribution is 2.32. The number of rotatable bonds is 3. The fraction of sp³-hybridized carbons (Fsp3) is 0.353. The second-order valence-electron chi connectivity index (χ2n) is 5.28. The van der Waals surface area contributed by atoms with Gasteiger partial charge in [0.1, 0.15) is 6.26 Å². The first-order valence-corrected chi connectivity index (χ1v) is 7.28. The predicted octanol–water partition coefficient (Wildman–Crippen LogP) is 2.54. The zero-order valence-corrected chi connectivity index (χ0v) is 12.8. The van der Waals surface area contributed by atoms with Gasteiger partial charge in [-0.25, -0.2) is 0 Å². The zero-order chi connectivity index (χ0) is 15.5. The van der Waals surface area contributed by atoms with Crippen molar-refractivity contribution in [1.29, 1.82) is 0 Å². The van der Waals surface area contributed by atoms with Gasteiger partial charge >= 0.3 is 0 Å². The van der Waals surface area contributed by atoms with E-state index in [0.717, 1.165) is 24.3 Å². The minimum Gasteiger partial charge on any atom is -0.493 e. The Balaban J connectivity index is 1.82. The number of carbonyl (C=O) groups is 1. The summed E-state index contributed by atoms with van der Waals surface area (Å²) in [6, 6.07) is 5.73. The number of hydrogen-bond donors (Lipinski definition) is 0. The molecule has 0 unspecified atom stereocenters. The molecule has 0 saturated heterocycles. The van der Waals surface area contributed by atoms with Crippen LogP contribution in [0.1, 0.15) is 21.5 Å². The van der Waals surface area contributed by atoms with Gasteiger partial charge in [-0.15, -0.1) is 0 Å². The van der Waals surface area contributed by atoms with Crippen LogP contribution >= 0.6 is 0 Å². The third-order valence-electron chi connectivity index (χ3n) is 4.06. The molecule has 0 fully saturated rings. The highest BCUT2D eigenvalue weighted by molar-refractivity contribution is 5.93. The molecule has 0 saturated carbocycles.